The van der Waals surface area contributed by atoms with Gasteiger partial charge in [-0.2, -0.15) is 0 Å². The molecule has 0 aliphatic carbocycles. The fraction of sp³-hybridized carbons (Fsp3) is 0.422. The lowest BCUT2D eigenvalue weighted by Gasteiger charge is -2.35. The van der Waals surface area contributed by atoms with Gasteiger partial charge in [0, 0.05) is 43.6 Å². The van der Waals surface area contributed by atoms with E-state index in [1.807, 2.05) is 112 Å². The SMILES string of the molecule is CCC(C)C(C(=O)NC(Cc1ccccc1)C(O)CN(Cc1ccc(-c2ccccn2)cc1)NC(=O)C1CC(=O)OC1(C)C)N1CCN(Cc2cccc(C)n2)C1=O. The average Bonchev–Trinajstić information content (AvgIpc) is 3.70. The number of cyclic esters (lactones) is 1. The Hall–Kier alpha value is -5.66. The van der Waals surface area contributed by atoms with Gasteiger partial charge in [-0.25, -0.2) is 9.80 Å². The van der Waals surface area contributed by atoms with E-state index in [1.54, 1.807) is 34.9 Å². The maximum Gasteiger partial charge on any atom is 0.321 e. The van der Waals surface area contributed by atoms with Crippen LogP contribution in [0.2, 0.25) is 0 Å². The maximum atomic E-state index is 14.5. The summed E-state index contributed by atoms with van der Waals surface area (Å²) in [7, 11) is 0. The first kappa shape index (κ1) is 42.0. The summed E-state index contributed by atoms with van der Waals surface area (Å²) in [6, 6.07) is 27.0. The lowest BCUT2D eigenvalue weighted by atomic mass is 9.90. The molecule has 3 N–H and O–H groups in total. The topological polar surface area (TPSA) is 157 Å². The smallest absolute Gasteiger partial charge is 0.321 e. The molecule has 2 aromatic carbocycles. The fourth-order valence-corrected chi connectivity index (χ4v) is 7.74. The summed E-state index contributed by atoms with van der Waals surface area (Å²) >= 11 is 0. The minimum Gasteiger partial charge on any atom is -0.459 e. The van der Waals surface area contributed by atoms with Crippen LogP contribution in [0, 0.1) is 18.8 Å². The van der Waals surface area contributed by atoms with E-state index < -0.39 is 41.6 Å². The number of nitrogens with one attached hydrogen (secondary N) is 2. The number of carbonyl (C=O) groups excluding carboxylic acids is 4. The molecule has 58 heavy (non-hydrogen) atoms. The molecule has 2 aliphatic rings. The predicted octanol–water partition coefficient (Wildman–Crippen LogP) is 5.07. The van der Waals surface area contributed by atoms with Gasteiger partial charge in [-0.3, -0.25) is 29.8 Å². The normalized spacial score (nSPS) is 18.4. The van der Waals surface area contributed by atoms with Crippen LogP contribution in [-0.4, -0.2) is 97.1 Å². The van der Waals surface area contributed by atoms with E-state index in [2.05, 4.69) is 20.7 Å². The number of aryl methyl sites for hydroxylation is 1. The fourth-order valence-electron chi connectivity index (χ4n) is 7.74. The number of nitrogens with zero attached hydrogens (tertiary/aromatic N) is 5. The molecule has 0 radical (unpaired) electrons. The third kappa shape index (κ3) is 10.4. The monoisotopic (exact) mass is 789 g/mol. The molecule has 0 bridgehead atoms. The number of rotatable bonds is 17. The number of aliphatic hydroxyl groups excluding tert-OH is 1. The predicted molar refractivity (Wildman–Crippen MR) is 219 cm³/mol. The molecule has 4 heterocycles. The van der Waals surface area contributed by atoms with Crippen LogP contribution in [0.15, 0.2) is 97.2 Å². The Morgan fingerprint density at radius 1 is 0.966 bits per heavy atom. The third-order valence-electron chi connectivity index (χ3n) is 11.2. The molecule has 4 aromatic rings. The lowest BCUT2D eigenvalue weighted by Crippen LogP contribution is -2.58. The minimum absolute atomic E-state index is 0.0636. The highest BCUT2D eigenvalue weighted by molar-refractivity contribution is 5.89. The zero-order valence-electron chi connectivity index (χ0n) is 34.0. The molecule has 5 unspecified atom stereocenters. The second-order valence-corrected chi connectivity index (χ2v) is 16.0. The molecule has 0 saturated carbocycles. The van der Waals surface area contributed by atoms with Gasteiger partial charge < -0.3 is 25.0 Å². The Morgan fingerprint density at radius 2 is 1.71 bits per heavy atom. The molecule has 0 spiro atoms. The van der Waals surface area contributed by atoms with Gasteiger partial charge in [-0.1, -0.05) is 87.0 Å². The number of ether oxygens (including phenoxy) is 1. The van der Waals surface area contributed by atoms with Gasteiger partial charge in [0.25, 0.3) is 0 Å². The van der Waals surface area contributed by atoms with Crippen molar-refractivity contribution in [2.45, 2.75) is 90.8 Å². The molecule has 6 rings (SSSR count). The van der Waals surface area contributed by atoms with Gasteiger partial charge >= 0.3 is 12.0 Å². The minimum atomic E-state index is -1.18. The van der Waals surface area contributed by atoms with Gasteiger partial charge in [0.05, 0.1) is 42.4 Å². The maximum absolute atomic E-state index is 14.5. The van der Waals surface area contributed by atoms with E-state index in [0.29, 0.717) is 32.5 Å². The number of urea groups is 1. The number of benzene rings is 2. The van der Waals surface area contributed by atoms with Crippen molar-refractivity contribution in [1.82, 2.24) is 35.5 Å². The van der Waals surface area contributed by atoms with Crippen molar-refractivity contribution in [2.24, 2.45) is 11.8 Å². The number of aromatic nitrogens is 2. The van der Waals surface area contributed by atoms with Crippen LogP contribution in [0.5, 0.6) is 0 Å². The highest BCUT2D eigenvalue weighted by Gasteiger charge is 2.47. The molecule has 2 aliphatic heterocycles. The molecule has 2 aromatic heterocycles. The largest absolute Gasteiger partial charge is 0.459 e. The number of esters is 1. The van der Waals surface area contributed by atoms with Gasteiger partial charge in [-0.15, -0.1) is 0 Å². The summed E-state index contributed by atoms with van der Waals surface area (Å²) in [5.41, 5.74) is 7.10. The third-order valence-corrected chi connectivity index (χ3v) is 11.2. The molecule has 306 valence electrons. The molecule has 2 saturated heterocycles. The van der Waals surface area contributed by atoms with Crippen LogP contribution in [0.1, 0.15) is 63.1 Å². The Labute approximate surface area is 340 Å². The van der Waals surface area contributed by atoms with Gasteiger partial charge in [0.15, 0.2) is 0 Å². The van der Waals surface area contributed by atoms with Crippen molar-refractivity contribution in [2.75, 3.05) is 19.6 Å². The van der Waals surface area contributed by atoms with Crippen LogP contribution in [0.4, 0.5) is 4.79 Å². The Kier molecular flexibility index (Phi) is 13.6. The van der Waals surface area contributed by atoms with E-state index in [4.69, 9.17) is 4.74 Å². The lowest BCUT2D eigenvalue weighted by molar-refractivity contribution is -0.148. The molecule has 13 heteroatoms. The Morgan fingerprint density at radius 3 is 2.36 bits per heavy atom. The van der Waals surface area contributed by atoms with Crippen molar-refractivity contribution in [1.29, 1.82) is 0 Å². The molecule has 4 amide bonds. The highest BCUT2D eigenvalue weighted by Crippen LogP contribution is 2.33. The van der Waals surface area contributed by atoms with Crippen molar-refractivity contribution < 1.29 is 29.0 Å². The van der Waals surface area contributed by atoms with Crippen molar-refractivity contribution in [3.8, 4) is 11.3 Å². The van der Waals surface area contributed by atoms with Crippen LogP contribution >= 0.6 is 0 Å². The van der Waals surface area contributed by atoms with E-state index in [-0.39, 0.29) is 37.4 Å². The Bertz CT molecular complexity index is 2030. The van der Waals surface area contributed by atoms with E-state index >= 15 is 0 Å². The van der Waals surface area contributed by atoms with Crippen molar-refractivity contribution >= 4 is 23.8 Å². The van der Waals surface area contributed by atoms with Gasteiger partial charge in [0.1, 0.15) is 11.6 Å². The number of carbonyl (C=O) groups is 4. The first-order valence-electron chi connectivity index (χ1n) is 20.1. The number of amides is 4. The summed E-state index contributed by atoms with van der Waals surface area (Å²) in [6.45, 7) is 10.6. The number of hydrazine groups is 1. The van der Waals surface area contributed by atoms with E-state index in [1.165, 1.54) is 0 Å². The molecular formula is C45H55N7O6. The number of hydrogen-bond donors (Lipinski definition) is 3. The summed E-state index contributed by atoms with van der Waals surface area (Å²) < 4.78 is 5.45. The first-order chi connectivity index (χ1) is 27.8. The second-order valence-electron chi connectivity index (χ2n) is 16.0. The average molecular weight is 790 g/mol. The zero-order chi connectivity index (χ0) is 41.4. The first-order valence-corrected chi connectivity index (χ1v) is 20.1. The van der Waals surface area contributed by atoms with Crippen molar-refractivity contribution in [3.63, 3.8) is 0 Å². The van der Waals surface area contributed by atoms with Gasteiger partial charge in [0.2, 0.25) is 11.8 Å². The number of aliphatic hydroxyl groups is 1. The van der Waals surface area contributed by atoms with Crippen molar-refractivity contribution in [3.05, 3.63) is 120 Å². The molecule has 2 fully saturated rings. The standard InChI is InChI=1S/C45H55N7O6/c1-6-30(2)41(52-24-23-50(44(52)57)28-35-16-12-13-31(3)47-35)43(56)48-38(25-32-14-8-7-9-15-32)39(53)29-51(49-42(55)36-26-40(54)58-45(36,4)5)27-33-18-20-34(21-19-33)37-17-10-11-22-46-37/h7-22,30,36,38-39,41,53H,6,23-29H2,1-5H3,(H,48,56)(H,49,55). The summed E-state index contributed by atoms with van der Waals surface area (Å²) in [4.78, 5) is 66.8. The Balaban J connectivity index is 1.23. The highest BCUT2D eigenvalue weighted by atomic mass is 16.6. The summed E-state index contributed by atoms with van der Waals surface area (Å²) in [6.07, 6.45) is 1.43. The number of pyridine rings is 2. The molecule has 5 atom stereocenters. The number of hydrogen-bond acceptors (Lipinski definition) is 9. The van der Waals surface area contributed by atoms with Crippen LogP contribution < -0.4 is 10.7 Å². The summed E-state index contributed by atoms with van der Waals surface area (Å²) in [5.74, 6) is -2.15. The molecule has 13 nitrogen and oxygen atoms in total. The van der Waals surface area contributed by atoms with E-state index in [0.717, 1.165) is 33.8 Å². The zero-order valence-corrected chi connectivity index (χ0v) is 34.0. The van der Waals surface area contributed by atoms with Crippen LogP contribution in [-0.2, 0) is 38.6 Å². The van der Waals surface area contributed by atoms with Gasteiger partial charge in [-0.05, 0) is 68.5 Å². The quantitative estimate of drug-likeness (QED) is 0.0983. The second kappa shape index (κ2) is 18.7. The molecular weight excluding hydrogens is 735 g/mol. The van der Waals surface area contributed by atoms with Crippen LogP contribution in [0.3, 0.4) is 0 Å². The summed E-state index contributed by atoms with van der Waals surface area (Å²) in [5, 5.41) is 16.9. The van der Waals surface area contributed by atoms with Crippen LogP contribution in [0.25, 0.3) is 11.3 Å². The van der Waals surface area contributed by atoms with E-state index in [9.17, 15) is 24.3 Å².